The Morgan fingerprint density at radius 3 is 2.54 bits per heavy atom. The second-order valence-electron chi connectivity index (χ2n) is 7.73. The van der Waals surface area contributed by atoms with Crippen molar-refractivity contribution in [3.8, 4) is 0 Å². The van der Waals surface area contributed by atoms with Gasteiger partial charge in [-0.15, -0.1) is 0 Å². The van der Waals surface area contributed by atoms with E-state index in [0.717, 1.165) is 43.3 Å². The molecule has 1 aliphatic heterocycles. The molecule has 134 valence electrons. The van der Waals surface area contributed by atoms with Crippen LogP contribution in [0.3, 0.4) is 0 Å². The largest absolute Gasteiger partial charge is 0.444 e. The first kappa shape index (κ1) is 18.5. The van der Waals surface area contributed by atoms with Crippen LogP contribution in [0.1, 0.15) is 51.9 Å². The van der Waals surface area contributed by atoms with Crippen molar-refractivity contribution < 1.29 is 9.53 Å². The van der Waals surface area contributed by atoms with Crippen molar-refractivity contribution in [2.75, 3.05) is 18.0 Å². The number of hydrogen-bond donors (Lipinski definition) is 1. The lowest BCUT2D eigenvalue weighted by Crippen LogP contribution is -2.47. The highest BCUT2D eigenvalue weighted by Crippen LogP contribution is 2.23. The molecule has 1 N–H and O–H groups in total. The van der Waals surface area contributed by atoms with Gasteiger partial charge in [0.2, 0.25) is 5.95 Å². The summed E-state index contributed by atoms with van der Waals surface area (Å²) in [7, 11) is 0. The lowest BCUT2D eigenvalue weighted by molar-refractivity contribution is 0.0489. The minimum absolute atomic E-state index is 0.0496. The Labute approximate surface area is 145 Å². The van der Waals surface area contributed by atoms with Gasteiger partial charge in [0, 0.05) is 30.5 Å². The Hall–Kier alpha value is -1.85. The molecule has 0 unspecified atom stereocenters. The molecule has 1 aliphatic rings. The Bertz CT molecular complexity index is 563. The maximum atomic E-state index is 12.0. The van der Waals surface area contributed by atoms with Crippen molar-refractivity contribution in [1.29, 1.82) is 0 Å². The molecule has 1 aromatic rings. The van der Waals surface area contributed by atoms with Crippen LogP contribution >= 0.6 is 0 Å². The SMILES string of the molecule is Cc1cc(C)nc(N2CCC[C@H]([C@@H](C)NC(=O)OC(C)(C)C)C2)n1. The summed E-state index contributed by atoms with van der Waals surface area (Å²) in [6.45, 7) is 13.4. The number of aromatic nitrogens is 2. The third-order valence-electron chi connectivity index (χ3n) is 4.16. The fourth-order valence-electron chi connectivity index (χ4n) is 3.06. The smallest absolute Gasteiger partial charge is 0.407 e. The quantitative estimate of drug-likeness (QED) is 0.919. The maximum Gasteiger partial charge on any atom is 0.407 e. The fraction of sp³-hybridized carbons (Fsp3) is 0.722. The van der Waals surface area contributed by atoms with Crippen LogP contribution < -0.4 is 10.2 Å². The van der Waals surface area contributed by atoms with Crippen molar-refractivity contribution in [2.45, 2.75) is 66.0 Å². The summed E-state index contributed by atoms with van der Waals surface area (Å²) < 4.78 is 5.35. The first-order valence-corrected chi connectivity index (χ1v) is 8.71. The van der Waals surface area contributed by atoms with Crippen LogP contribution in [0.2, 0.25) is 0 Å². The Balaban J connectivity index is 1.98. The molecule has 0 saturated carbocycles. The van der Waals surface area contributed by atoms with E-state index in [4.69, 9.17) is 4.74 Å². The number of carbonyl (C=O) groups is 1. The number of amides is 1. The number of anilines is 1. The number of nitrogens with one attached hydrogen (secondary N) is 1. The van der Waals surface area contributed by atoms with Gasteiger partial charge in [0.25, 0.3) is 0 Å². The van der Waals surface area contributed by atoms with E-state index in [0.29, 0.717) is 5.92 Å². The van der Waals surface area contributed by atoms with Gasteiger partial charge in [-0.1, -0.05) is 0 Å². The molecule has 0 bridgehead atoms. The van der Waals surface area contributed by atoms with E-state index in [2.05, 4.69) is 20.2 Å². The monoisotopic (exact) mass is 334 g/mol. The maximum absolute atomic E-state index is 12.0. The zero-order valence-electron chi connectivity index (χ0n) is 15.7. The van der Waals surface area contributed by atoms with E-state index in [9.17, 15) is 4.79 Å². The van der Waals surface area contributed by atoms with Crippen molar-refractivity contribution in [1.82, 2.24) is 15.3 Å². The topological polar surface area (TPSA) is 67.4 Å². The minimum atomic E-state index is -0.477. The molecule has 0 aliphatic carbocycles. The summed E-state index contributed by atoms with van der Waals surface area (Å²) in [5.41, 5.74) is 1.49. The Morgan fingerprint density at radius 2 is 1.96 bits per heavy atom. The fourth-order valence-corrected chi connectivity index (χ4v) is 3.06. The number of carbonyl (C=O) groups excluding carboxylic acids is 1. The van der Waals surface area contributed by atoms with Crippen LogP contribution in [0, 0.1) is 19.8 Å². The lowest BCUT2D eigenvalue weighted by Gasteiger charge is -2.36. The van der Waals surface area contributed by atoms with E-state index >= 15 is 0 Å². The van der Waals surface area contributed by atoms with Gasteiger partial charge in [0.1, 0.15) is 5.60 Å². The standard InChI is InChI=1S/C18H30N4O2/c1-12-10-13(2)20-16(19-12)22-9-7-8-15(11-22)14(3)21-17(23)24-18(4,5)6/h10,14-15H,7-9,11H2,1-6H3,(H,21,23)/t14-,15+/m1/s1. The van der Waals surface area contributed by atoms with Gasteiger partial charge in [-0.2, -0.15) is 0 Å². The molecule has 2 rings (SSSR count). The minimum Gasteiger partial charge on any atom is -0.444 e. The molecule has 2 atom stereocenters. The molecule has 1 aromatic heterocycles. The average molecular weight is 334 g/mol. The summed E-state index contributed by atoms with van der Waals surface area (Å²) in [4.78, 5) is 23.3. The first-order chi connectivity index (χ1) is 11.1. The normalized spacial score (nSPS) is 19.8. The average Bonchev–Trinajstić information content (AvgIpc) is 2.44. The van der Waals surface area contributed by atoms with Gasteiger partial charge < -0.3 is 15.0 Å². The van der Waals surface area contributed by atoms with Crippen LogP contribution in [0.15, 0.2) is 6.07 Å². The Morgan fingerprint density at radius 1 is 1.33 bits per heavy atom. The number of hydrogen-bond acceptors (Lipinski definition) is 5. The summed E-state index contributed by atoms with van der Waals surface area (Å²) in [6, 6.07) is 2.03. The van der Waals surface area contributed by atoms with E-state index in [-0.39, 0.29) is 12.1 Å². The van der Waals surface area contributed by atoms with Gasteiger partial charge in [-0.25, -0.2) is 14.8 Å². The number of piperidine rings is 1. The van der Waals surface area contributed by atoms with Gasteiger partial charge in [0.05, 0.1) is 0 Å². The zero-order chi connectivity index (χ0) is 17.9. The van der Waals surface area contributed by atoms with Crippen LogP contribution in [0.5, 0.6) is 0 Å². The van der Waals surface area contributed by atoms with Crippen molar-refractivity contribution in [3.63, 3.8) is 0 Å². The molecule has 0 aromatic carbocycles. The van der Waals surface area contributed by atoms with E-state index < -0.39 is 5.60 Å². The number of rotatable bonds is 3. The highest BCUT2D eigenvalue weighted by Gasteiger charge is 2.28. The van der Waals surface area contributed by atoms with Gasteiger partial charge >= 0.3 is 6.09 Å². The molecule has 2 heterocycles. The third kappa shape index (κ3) is 5.35. The molecule has 1 saturated heterocycles. The number of nitrogens with zero attached hydrogens (tertiary/aromatic N) is 3. The van der Waals surface area contributed by atoms with Crippen LogP contribution in [0.4, 0.5) is 10.7 Å². The molecule has 1 amide bonds. The number of ether oxygens (including phenoxy) is 1. The number of aryl methyl sites for hydroxylation is 2. The van der Waals surface area contributed by atoms with Crippen molar-refractivity contribution >= 4 is 12.0 Å². The second kappa shape index (κ2) is 7.36. The molecule has 1 fully saturated rings. The van der Waals surface area contributed by atoms with Gasteiger partial charge in [0.15, 0.2) is 0 Å². The zero-order valence-corrected chi connectivity index (χ0v) is 15.7. The summed E-state index contributed by atoms with van der Waals surface area (Å²) in [5, 5.41) is 2.97. The molecule has 6 heteroatoms. The second-order valence-corrected chi connectivity index (χ2v) is 7.73. The third-order valence-corrected chi connectivity index (χ3v) is 4.16. The van der Waals surface area contributed by atoms with Crippen molar-refractivity contribution in [3.05, 3.63) is 17.5 Å². The van der Waals surface area contributed by atoms with Gasteiger partial charge in [-0.05, 0) is 66.4 Å². The summed E-state index contributed by atoms with van der Waals surface area (Å²) in [6.07, 6.45) is 1.80. The van der Waals surface area contributed by atoms with Crippen LogP contribution in [0.25, 0.3) is 0 Å². The van der Waals surface area contributed by atoms with Crippen LogP contribution in [-0.4, -0.2) is 40.8 Å². The molecule has 0 radical (unpaired) electrons. The summed E-state index contributed by atoms with van der Waals surface area (Å²) in [5.74, 6) is 1.15. The predicted molar refractivity (Wildman–Crippen MR) is 95.3 cm³/mol. The summed E-state index contributed by atoms with van der Waals surface area (Å²) >= 11 is 0. The van der Waals surface area contributed by atoms with E-state index in [1.165, 1.54) is 0 Å². The lowest BCUT2D eigenvalue weighted by atomic mass is 9.92. The molecular weight excluding hydrogens is 304 g/mol. The first-order valence-electron chi connectivity index (χ1n) is 8.71. The molecule has 24 heavy (non-hydrogen) atoms. The highest BCUT2D eigenvalue weighted by molar-refractivity contribution is 5.68. The van der Waals surface area contributed by atoms with Gasteiger partial charge in [-0.3, -0.25) is 0 Å². The highest BCUT2D eigenvalue weighted by atomic mass is 16.6. The Kier molecular flexibility index (Phi) is 5.67. The van der Waals surface area contributed by atoms with Crippen molar-refractivity contribution in [2.24, 2.45) is 5.92 Å². The van der Waals surface area contributed by atoms with Crippen LogP contribution in [-0.2, 0) is 4.74 Å². The molecule has 6 nitrogen and oxygen atoms in total. The van der Waals surface area contributed by atoms with E-state index in [1.807, 2.05) is 47.6 Å². The molecular formula is C18H30N4O2. The molecule has 0 spiro atoms. The number of alkyl carbamates (subject to hydrolysis) is 1. The predicted octanol–water partition coefficient (Wildman–Crippen LogP) is 3.22. The van der Waals surface area contributed by atoms with E-state index in [1.54, 1.807) is 0 Å².